The minimum absolute atomic E-state index is 0.178. The van der Waals surface area contributed by atoms with E-state index < -0.39 is 5.60 Å². The fourth-order valence-electron chi connectivity index (χ4n) is 2.20. The topological polar surface area (TPSA) is 63.7 Å². The number of pyridine rings is 1. The number of likely N-dealkylation sites (tertiary alicyclic amines) is 1. The van der Waals surface area contributed by atoms with Crippen molar-refractivity contribution in [1.82, 2.24) is 9.88 Å². The molecule has 1 aromatic heterocycles. The van der Waals surface area contributed by atoms with Crippen molar-refractivity contribution < 1.29 is 14.3 Å². The zero-order chi connectivity index (χ0) is 15.5. The molecule has 21 heavy (non-hydrogen) atoms. The lowest BCUT2D eigenvalue weighted by molar-refractivity contribution is 0.0293. The summed E-state index contributed by atoms with van der Waals surface area (Å²) in [4.78, 5) is 18.0. The van der Waals surface area contributed by atoms with E-state index in [9.17, 15) is 4.79 Å². The summed E-state index contributed by atoms with van der Waals surface area (Å²) in [5.41, 5.74) is -0.461. The second-order valence-corrected chi connectivity index (χ2v) is 6.14. The van der Waals surface area contributed by atoms with Crippen LogP contribution in [0.15, 0.2) is 18.3 Å². The van der Waals surface area contributed by atoms with E-state index in [1.165, 1.54) is 0 Å². The highest BCUT2D eigenvalue weighted by molar-refractivity contribution is 5.68. The van der Waals surface area contributed by atoms with Crippen molar-refractivity contribution in [3.8, 4) is 5.75 Å². The number of carbonyl (C=O) groups is 1. The Kier molecular flexibility index (Phi) is 4.55. The van der Waals surface area contributed by atoms with Gasteiger partial charge >= 0.3 is 6.09 Å². The molecule has 1 amide bonds. The molecule has 0 aromatic carbocycles. The van der Waals surface area contributed by atoms with Gasteiger partial charge in [-0.15, -0.1) is 0 Å². The van der Waals surface area contributed by atoms with Crippen LogP contribution < -0.4 is 10.1 Å². The molecule has 1 atom stereocenters. The third-order valence-corrected chi connectivity index (χ3v) is 3.16. The Hall–Kier alpha value is -1.98. The van der Waals surface area contributed by atoms with E-state index in [0.717, 1.165) is 18.0 Å². The van der Waals surface area contributed by atoms with E-state index in [1.54, 1.807) is 24.3 Å². The molecule has 1 fully saturated rings. The van der Waals surface area contributed by atoms with Gasteiger partial charge in [-0.05, 0) is 33.3 Å². The number of hydrogen-bond acceptors (Lipinski definition) is 5. The summed E-state index contributed by atoms with van der Waals surface area (Å²) in [6, 6.07) is 3.82. The molecule has 1 aliphatic rings. The summed E-state index contributed by atoms with van der Waals surface area (Å²) in [7, 11) is 1.62. The molecule has 0 bridgehead atoms. The third kappa shape index (κ3) is 4.51. The molecule has 1 aromatic rings. The molecular formula is C15H23N3O3. The Bertz CT molecular complexity index is 499. The van der Waals surface area contributed by atoms with Gasteiger partial charge in [0.05, 0.1) is 7.11 Å². The fraction of sp³-hybridized carbons (Fsp3) is 0.600. The largest absolute Gasteiger partial charge is 0.497 e. The molecule has 6 nitrogen and oxygen atoms in total. The molecule has 0 aliphatic carbocycles. The first-order chi connectivity index (χ1) is 9.87. The highest BCUT2D eigenvalue weighted by Gasteiger charge is 2.29. The van der Waals surface area contributed by atoms with Crippen molar-refractivity contribution in [2.45, 2.75) is 38.8 Å². The molecule has 2 rings (SSSR count). The Morgan fingerprint density at radius 3 is 2.90 bits per heavy atom. The third-order valence-electron chi connectivity index (χ3n) is 3.16. The summed E-state index contributed by atoms with van der Waals surface area (Å²) >= 11 is 0. The summed E-state index contributed by atoms with van der Waals surface area (Å²) in [6.07, 6.45) is 2.31. The van der Waals surface area contributed by atoms with Gasteiger partial charge in [0.1, 0.15) is 17.2 Å². The Morgan fingerprint density at radius 1 is 1.48 bits per heavy atom. The monoisotopic (exact) mass is 293 g/mol. The first kappa shape index (κ1) is 15.4. The van der Waals surface area contributed by atoms with E-state index in [1.807, 2.05) is 26.8 Å². The molecule has 2 heterocycles. The van der Waals surface area contributed by atoms with Crippen LogP contribution in [0.3, 0.4) is 0 Å². The zero-order valence-corrected chi connectivity index (χ0v) is 13.0. The van der Waals surface area contributed by atoms with Crippen LogP contribution in [-0.4, -0.2) is 47.8 Å². The number of hydrogen-bond donors (Lipinski definition) is 1. The van der Waals surface area contributed by atoms with Gasteiger partial charge in [0.15, 0.2) is 0 Å². The number of aromatic nitrogens is 1. The Labute approximate surface area is 125 Å². The quantitative estimate of drug-likeness (QED) is 0.927. The molecule has 0 radical (unpaired) electrons. The number of anilines is 1. The van der Waals surface area contributed by atoms with E-state index in [2.05, 4.69) is 10.3 Å². The van der Waals surface area contributed by atoms with E-state index in [4.69, 9.17) is 9.47 Å². The number of nitrogens with zero attached hydrogens (tertiary/aromatic N) is 2. The highest BCUT2D eigenvalue weighted by Crippen LogP contribution is 2.20. The fourth-order valence-corrected chi connectivity index (χ4v) is 2.20. The van der Waals surface area contributed by atoms with Crippen molar-refractivity contribution in [2.24, 2.45) is 0 Å². The van der Waals surface area contributed by atoms with Gasteiger partial charge in [-0.25, -0.2) is 9.78 Å². The maximum absolute atomic E-state index is 12.0. The van der Waals surface area contributed by atoms with Crippen LogP contribution in [0.2, 0.25) is 0 Å². The summed E-state index contributed by atoms with van der Waals surface area (Å²) in [5.74, 6) is 1.51. The molecule has 1 saturated heterocycles. The highest BCUT2D eigenvalue weighted by atomic mass is 16.6. The Balaban J connectivity index is 1.89. The van der Waals surface area contributed by atoms with Crippen LogP contribution in [0, 0.1) is 0 Å². The van der Waals surface area contributed by atoms with E-state index in [0.29, 0.717) is 13.1 Å². The van der Waals surface area contributed by atoms with Crippen LogP contribution >= 0.6 is 0 Å². The SMILES string of the molecule is COc1ccnc(NC2CCN(C(=O)OC(C)(C)C)C2)c1. The van der Waals surface area contributed by atoms with Gasteiger partial charge in [-0.2, -0.15) is 0 Å². The van der Waals surface area contributed by atoms with Crippen LogP contribution in [0.25, 0.3) is 0 Å². The van der Waals surface area contributed by atoms with Gasteiger partial charge in [0.2, 0.25) is 0 Å². The number of carbonyl (C=O) groups excluding carboxylic acids is 1. The van der Waals surface area contributed by atoms with Gasteiger partial charge < -0.3 is 19.7 Å². The smallest absolute Gasteiger partial charge is 0.410 e. The van der Waals surface area contributed by atoms with Crippen LogP contribution in [0.5, 0.6) is 5.75 Å². The number of methoxy groups -OCH3 is 1. The van der Waals surface area contributed by atoms with Crippen molar-refractivity contribution in [3.63, 3.8) is 0 Å². The standard InChI is InChI=1S/C15H23N3O3/c1-15(2,3)21-14(19)18-8-6-11(10-18)17-13-9-12(20-4)5-7-16-13/h5,7,9,11H,6,8,10H2,1-4H3,(H,16,17). The minimum atomic E-state index is -0.461. The number of amides is 1. The normalized spacial score (nSPS) is 18.5. The summed E-state index contributed by atoms with van der Waals surface area (Å²) in [6.45, 7) is 6.93. The molecule has 0 spiro atoms. The maximum atomic E-state index is 12.0. The second kappa shape index (κ2) is 6.20. The van der Waals surface area contributed by atoms with E-state index >= 15 is 0 Å². The predicted molar refractivity (Wildman–Crippen MR) is 80.6 cm³/mol. The summed E-state index contributed by atoms with van der Waals surface area (Å²) < 4.78 is 10.5. The molecule has 1 N–H and O–H groups in total. The lowest BCUT2D eigenvalue weighted by atomic mass is 10.2. The minimum Gasteiger partial charge on any atom is -0.497 e. The summed E-state index contributed by atoms with van der Waals surface area (Å²) in [5, 5.41) is 3.32. The van der Waals surface area contributed by atoms with Crippen molar-refractivity contribution in [2.75, 3.05) is 25.5 Å². The molecule has 1 aliphatic heterocycles. The number of nitrogens with one attached hydrogen (secondary N) is 1. The second-order valence-electron chi connectivity index (χ2n) is 6.14. The van der Waals surface area contributed by atoms with Crippen LogP contribution in [0.4, 0.5) is 10.6 Å². The average molecular weight is 293 g/mol. The van der Waals surface area contributed by atoms with Gasteiger partial charge in [0.25, 0.3) is 0 Å². The van der Waals surface area contributed by atoms with Gasteiger partial charge in [-0.1, -0.05) is 0 Å². The van der Waals surface area contributed by atoms with Crippen molar-refractivity contribution in [3.05, 3.63) is 18.3 Å². The van der Waals surface area contributed by atoms with Gasteiger partial charge in [-0.3, -0.25) is 0 Å². The van der Waals surface area contributed by atoms with Crippen molar-refractivity contribution >= 4 is 11.9 Å². The first-order valence-electron chi connectivity index (χ1n) is 7.12. The first-order valence-corrected chi connectivity index (χ1v) is 7.12. The zero-order valence-electron chi connectivity index (χ0n) is 13.0. The van der Waals surface area contributed by atoms with E-state index in [-0.39, 0.29) is 12.1 Å². The number of rotatable bonds is 3. The molecule has 0 saturated carbocycles. The molecule has 1 unspecified atom stereocenters. The lowest BCUT2D eigenvalue weighted by Crippen LogP contribution is -2.36. The Morgan fingerprint density at radius 2 is 2.24 bits per heavy atom. The van der Waals surface area contributed by atoms with Crippen LogP contribution in [-0.2, 0) is 4.74 Å². The maximum Gasteiger partial charge on any atom is 0.410 e. The predicted octanol–water partition coefficient (Wildman–Crippen LogP) is 2.51. The molecule has 6 heteroatoms. The average Bonchev–Trinajstić information content (AvgIpc) is 2.85. The van der Waals surface area contributed by atoms with Crippen LogP contribution in [0.1, 0.15) is 27.2 Å². The number of ether oxygens (including phenoxy) is 2. The molecular weight excluding hydrogens is 270 g/mol. The lowest BCUT2D eigenvalue weighted by Gasteiger charge is -2.24. The molecule has 116 valence electrons. The van der Waals surface area contributed by atoms with Crippen molar-refractivity contribution in [1.29, 1.82) is 0 Å². The van der Waals surface area contributed by atoms with Gasteiger partial charge in [0, 0.05) is 31.4 Å².